The highest BCUT2D eigenvalue weighted by molar-refractivity contribution is 7.08. The third-order valence-electron chi connectivity index (χ3n) is 5.06. The van der Waals surface area contributed by atoms with Gasteiger partial charge in [0.05, 0.1) is 6.54 Å². The summed E-state index contributed by atoms with van der Waals surface area (Å²) in [7, 11) is 0. The van der Waals surface area contributed by atoms with E-state index in [-0.39, 0.29) is 19.1 Å². The Morgan fingerprint density at radius 2 is 1.74 bits per heavy atom. The number of rotatable bonds is 5. The average Bonchev–Trinajstić information content (AvgIpc) is 3.32. The van der Waals surface area contributed by atoms with Crippen LogP contribution < -0.4 is 5.32 Å². The van der Waals surface area contributed by atoms with Crippen molar-refractivity contribution in [2.45, 2.75) is 18.4 Å². The Balaban J connectivity index is 1.41. The van der Waals surface area contributed by atoms with Gasteiger partial charge >= 0.3 is 6.09 Å². The first-order chi connectivity index (χ1) is 13.1. The van der Waals surface area contributed by atoms with Crippen LogP contribution in [0.15, 0.2) is 65.4 Å². The van der Waals surface area contributed by atoms with Crippen LogP contribution in [0.1, 0.15) is 29.5 Å². The molecule has 4 rings (SSSR count). The normalized spacial score (nSPS) is 14.9. The van der Waals surface area contributed by atoms with E-state index in [1.54, 1.807) is 6.92 Å². The SMILES string of the molecule is CC(O)(CNC(=O)OCC1c2ccccc2-c2ccccc21)c1ccsc1. The van der Waals surface area contributed by atoms with Crippen molar-refractivity contribution in [2.75, 3.05) is 13.2 Å². The van der Waals surface area contributed by atoms with Crippen molar-refractivity contribution < 1.29 is 14.6 Å². The molecule has 0 saturated heterocycles. The zero-order valence-corrected chi connectivity index (χ0v) is 15.8. The van der Waals surface area contributed by atoms with Crippen LogP contribution >= 0.6 is 11.3 Å². The number of amides is 1. The van der Waals surface area contributed by atoms with Gasteiger partial charge in [-0.25, -0.2) is 4.79 Å². The molecule has 1 aliphatic rings. The Morgan fingerprint density at radius 1 is 1.11 bits per heavy atom. The number of ether oxygens (including phenoxy) is 1. The van der Waals surface area contributed by atoms with E-state index < -0.39 is 11.7 Å². The Labute approximate surface area is 162 Å². The molecule has 27 heavy (non-hydrogen) atoms. The van der Waals surface area contributed by atoms with Gasteiger partial charge in [-0.1, -0.05) is 48.5 Å². The van der Waals surface area contributed by atoms with Crippen molar-refractivity contribution in [3.63, 3.8) is 0 Å². The zero-order chi connectivity index (χ0) is 18.9. The molecule has 0 radical (unpaired) electrons. The number of nitrogens with one attached hydrogen (secondary N) is 1. The molecule has 2 N–H and O–H groups in total. The molecule has 4 nitrogen and oxygen atoms in total. The summed E-state index contributed by atoms with van der Waals surface area (Å²) in [5, 5.41) is 17.0. The van der Waals surface area contributed by atoms with E-state index in [1.807, 2.05) is 41.1 Å². The van der Waals surface area contributed by atoms with Crippen LogP contribution in [0.3, 0.4) is 0 Å². The zero-order valence-electron chi connectivity index (χ0n) is 15.0. The standard InChI is InChI=1S/C22H21NO3S/c1-22(25,15-10-11-27-13-15)14-23-21(24)26-12-20-18-8-4-2-6-16(18)17-7-3-5-9-19(17)20/h2-11,13,20,25H,12,14H2,1H3,(H,23,24). The second-order valence-corrected chi connectivity index (χ2v) is 7.75. The maximum Gasteiger partial charge on any atom is 0.407 e. The smallest absolute Gasteiger partial charge is 0.407 e. The summed E-state index contributed by atoms with van der Waals surface area (Å²) in [5.41, 5.74) is 4.41. The third-order valence-corrected chi connectivity index (χ3v) is 5.75. The van der Waals surface area contributed by atoms with Crippen molar-refractivity contribution in [3.05, 3.63) is 82.0 Å². The van der Waals surface area contributed by atoms with E-state index in [9.17, 15) is 9.90 Å². The second kappa shape index (κ2) is 7.18. The fraction of sp³-hybridized carbons (Fsp3) is 0.227. The van der Waals surface area contributed by atoms with Crippen molar-refractivity contribution in [1.29, 1.82) is 0 Å². The summed E-state index contributed by atoms with van der Waals surface area (Å²) in [6.45, 7) is 2.04. The van der Waals surface area contributed by atoms with Crippen LogP contribution in [0, 0.1) is 0 Å². The summed E-state index contributed by atoms with van der Waals surface area (Å²) >= 11 is 1.51. The molecule has 1 aliphatic carbocycles. The Hall–Kier alpha value is -2.63. The Morgan fingerprint density at radius 3 is 2.33 bits per heavy atom. The van der Waals surface area contributed by atoms with E-state index in [0.29, 0.717) is 0 Å². The van der Waals surface area contributed by atoms with Crippen LogP contribution in [0.2, 0.25) is 0 Å². The molecule has 2 aromatic carbocycles. The van der Waals surface area contributed by atoms with E-state index in [0.717, 1.165) is 5.56 Å². The number of fused-ring (bicyclic) bond motifs is 3. The summed E-state index contributed by atoms with van der Waals surface area (Å²) in [5.74, 6) is 0.0283. The van der Waals surface area contributed by atoms with Crippen LogP contribution in [0.25, 0.3) is 11.1 Å². The van der Waals surface area contributed by atoms with Gasteiger partial charge in [0.25, 0.3) is 0 Å². The van der Waals surface area contributed by atoms with Gasteiger partial charge in [0, 0.05) is 5.92 Å². The predicted octanol–water partition coefficient (Wildman–Crippen LogP) is 4.49. The number of benzene rings is 2. The van der Waals surface area contributed by atoms with Gasteiger partial charge in [-0.2, -0.15) is 11.3 Å². The van der Waals surface area contributed by atoms with Crippen LogP contribution in [0.4, 0.5) is 4.79 Å². The first kappa shape index (κ1) is 17.8. The number of hydrogen-bond acceptors (Lipinski definition) is 4. The number of thiophene rings is 1. The Kier molecular flexibility index (Phi) is 4.72. The van der Waals surface area contributed by atoms with Crippen LogP contribution in [0.5, 0.6) is 0 Å². The van der Waals surface area contributed by atoms with Crippen molar-refractivity contribution in [1.82, 2.24) is 5.32 Å². The summed E-state index contributed by atoms with van der Waals surface area (Å²) in [4.78, 5) is 12.2. The summed E-state index contributed by atoms with van der Waals surface area (Å²) < 4.78 is 5.49. The minimum atomic E-state index is -1.12. The Bertz CT molecular complexity index is 904. The second-order valence-electron chi connectivity index (χ2n) is 6.96. The van der Waals surface area contributed by atoms with Gasteiger partial charge in [-0.05, 0) is 51.6 Å². The molecule has 1 amide bonds. The number of carbonyl (C=O) groups excluding carboxylic acids is 1. The monoisotopic (exact) mass is 379 g/mol. The topological polar surface area (TPSA) is 58.6 Å². The van der Waals surface area contributed by atoms with Gasteiger partial charge in [0.2, 0.25) is 0 Å². The highest BCUT2D eigenvalue weighted by Gasteiger charge is 2.29. The first-order valence-electron chi connectivity index (χ1n) is 8.90. The molecule has 1 atom stereocenters. The maximum absolute atomic E-state index is 12.2. The minimum Gasteiger partial charge on any atom is -0.449 e. The van der Waals surface area contributed by atoms with Gasteiger partial charge in [0.1, 0.15) is 12.2 Å². The first-order valence-corrected chi connectivity index (χ1v) is 9.84. The largest absolute Gasteiger partial charge is 0.449 e. The summed E-state index contributed by atoms with van der Waals surface area (Å²) in [6, 6.07) is 18.3. The molecule has 1 heterocycles. The van der Waals surface area contributed by atoms with E-state index in [2.05, 4.69) is 29.6 Å². The molecule has 0 saturated carbocycles. The highest BCUT2D eigenvalue weighted by Crippen LogP contribution is 2.44. The van der Waals surface area contributed by atoms with Crippen molar-refractivity contribution in [2.24, 2.45) is 0 Å². The molecular formula is C22H21NO3S. The van der Waals surface area contributed by atoms with Gasteiger partial charge < -0.3 is 15.2 Å². The lowest BCUT2D eigenvalue weighted by Gasteiger charge is -2.23. The molecule has 138 valence electrons. The van der Waals surface area contributed by atoms with Crippen molar-refractivity contribution >= 4 is 17.4 Å². The highest BCUT2D eigenvalue weighted by atomic mass is 32.1. The maximum atomic E-state index is 12.2. The van der Waals surface area contributed by atoms with E-state index >= 15 is 0 Å². The molecule has 3 aromatic rings. The molecule has 0 aliphatic heterocycles. The quantitative estimate of drug-likeness (QED) is 0.686. The van der Waals surface area contributed by atoms with E-state index in [1.165, 1.54) is 33.6 Å². The summed E-state index contributed by atoms with van der Waals surface area (Å²) in [6.07, 6.45) is -0.521. The number of alkyl carbamates (subject to hydrolysis) is 1. The van der Waals surface area contributed by atoms with Gasteiger partial charge in [-0.3, -0.25) is 0 Å². The lowest BCUT2D eigenvalue weighted by Crippen LogP contribution is -2.39. The molecular weight excluding hydrogens is 358 g/mol. The minimum absolute atomic E-state index is 0.0283. The average molecular weight is 379 g/mol. The molecule has 0 spiro atoms. The molecule has 1 unspecified atom stereocenters. The van der Waals surface area contributed by atoms with Crippen LogP contribution in [-0.2, 0) is 10.3 Å². The lowest BCUT2D eigenvalue weighted by molar-refractivity contribution is 0.0538. The fourth-order valence-electron chi connectivity index (χ4n) is 3.57. The molecule has 1 aromatic heterocycles. The lowest BCUT2D eigenvalue weighted by atomic mass is 9.98. The number of hydrogen-bond donors (Lipinski definition) is 2. The molecule has 0 bridgehead atoms. The number of aliphatic hydroxyl groups is 1. The van der Waals surface area contributed by atoms with Crippen molar-refractivity contribution in [3.8, 4) is 11.1 Å². The predicted molar refractivity (Wildman–Crippen MR) is 107 cm³/mol. The van der Waals surface area contributed by atoms with E-state index in [4.69, 9.17) is 4.74 Å². The van der Waals surface area contributed by atoms with Gasteiger partial charge in [0.15, 0.2) is 0 Å². The van der Waals surface area contributed by atoms with Crippen LogP contribution in [-0.4, -0.2) is 24.4 Å². The third kappa shape index (κ3) is 3.48. The fourth-order valence-corrected chi connectivity index (χ4v) is 4.35. The molecule has 5 heteroatoms. The van der Waals surface area contributed by atoms with Gasteiger partial charge in [-0.15, -0.1) is 0 Å². The number of carbonyl (C=O) groups is 1. The molecule has 0 fully saturated rings.